The number of carboxylic acid groups (broad SMARTS) is 1. The molecule has 4 rings (SSSR count). The zero-order valence-electron chi connectivity index (χ0n) is 41.3. The molecule has 1 unspecified atom stereocenters. The SMILES string of the molecule is CC(C)(C)OC(=O)N=C(NCCCCC(=O)Nc1cc(C(F)(F)F)cc(NC(=O)Nc2ccc(Oc3cc(NC(=O)O)cc(C(F)(F)F)c3)cc2)c1OC1CCN(C(=O)OC(C)(C)C)C1)NC(=O)OC(C)(C)C. The molecule has 26 heteroatoms. The second-order valence-corrected chi connectivity index (χ2v) is 19.2. The van der Waals surface area contributed by atoms with Crippen LogP contribution in [0.25, 0.3) is 0 Å². The summed E-state index contributed by atoms with van der Waals surface area (Å²) in [5, 5.41) is 23.1. The van der Waals surface area contributed by atoms with E-state index in [0.29, 0.717) is 24.3 Å². The summed E-state index contributed by atoms with van der Waals surface area (Å²) in [6.07, 6.45) is -14.8. The van der Waals surface area contributed by atoms with E-state index in [1.807, 2.05) is 5.32 Å². The second-order valence-electron chi connectivity index (χ2n) is 19.2. The Morgan fingerprint density at radius 3 is 1.85 bits per heavy atom. The lowest BCUT2D eigenvalue weighted by molar-refractivity contribution is -0.138. The minimum absolute atomic E-state index is 0.0206. The summed E-state index contributed by atoms with van der Waals surface area (Å²) in [4.78, 5) is 80.9. The molecule has 1 aliphatic heterocycles. The molecule has 3 aromatic rings. The maximum Gasteiger partial charge on any atom is 0.437 e. The van der Waals surface area contributed by atoms with Gasteiger partial charge in [0.1, 0.15) is 34.4 Å². The van der Waals surface area contributed by atoms with Crippen molar-refractivity contribution in [1.29, 1.82) is 0 Å². The van der Waals surface area contributed by atoms with Gasteiger partial charge in [-0.05, 0) is 124 Å². The molecule has 0 spiro atoms. The van der Waals surface area contributed by atoms with Crippen LogP contribution in [0.3, 0.4) is 0 Å². The molecule has 20 nitrogen and oxygen atoms in total. The average Bonchev–Trinajstić information content (AvgIpc) is 3.68. The van der Waals surface area contributed by atoms with Crippen molar-refractivity contribution in [2.75, 3.05) is 40.9 Å². The smallest absolute Gasteiger partial charge is 0.437 e. The molecule has 0 saturated carbocycles. The molecule has 73 heavy (non-hydrogen) atoms. The van der Waals surface area contributed by atoms with Crippen LogP contribution in [0, 0.1) is 0 Å². The molecule has 1 aliphatic rings. The molecule has 0 radical (unpaired) electrons. The van der Waals surface area contributed by atoms with Crippen LogP contribution in [0.15, 0.2) is 59.6 Å². The van der Waals surface area contributed by atoms with Crippen LogP contribution in [-0.2, 0) is 31.4 Å². The number of benzene rings is 3. The average molecular weight is 1040 g/mol. The molecule has 3 aromatic carbocycles. The van der Waals surface area contributed by atoms with Crippen LogP contribution in [0.4, 0.5) is 73.1 Å². The van der Waals surface area contributed by atoms with Crippen LogP contribution in [0.1, 0.15) is 99.1 Å². The third-order valence-electron chi connectivity index (χ3n) is 9.19. The number of halogens is 6. The molecule has 0 aromatic heterocycles. The molecule has 1 atom stereocenters. The summed E-state index contributed by atoms with van der Waals surface area (Å²) in [5.74, 6) is -1.94. The standard InChI is InChI=1S/C47H58F6N8O12/c1-43(2,3)71-40(66)59-37(60-41(67)72-44(4,5)6)54-18-11-10-12-35(62)57-33-22-27(47(51,52)53)23-34(36(33)70-31-17-19-61(25-31)42(68)73-45(7,8)9)58-38(63)55-28-13-15-30(16-14-28)69-32-21-26(46(48,49)50)20-29(24-32)56-39(64)65/h13-16,20-24,31,56H,10-12,17-19,25H2,1-9H3,(H,57,62)(H,64,65)(H2,55,58,63)(H2,54,59,60,66,67). The second kappa shape index (κ2) is 23.7. The van der Waals surface area contributed by atoms with E-state index in [-0.39, 0.29) is 62.7 Å². The number of likely N-dealkylation sites (tertiary alicyclic amines) is 1. The van der Waals surface area contributed by atoms with Gasteiger partial charge in [-0.3, -0.25) is 15.4 Å². The zero-order chi connectivity index (χ0) is 54.7. The van der Waals surface area contributed by atoms with Crippen LogP contribution in [-0.4, -0.2) is 94.8 Å². The Balaban J connectivity index is 1.56. The highest BCUT2D eigenvalue weighted by atomic mass is 19.4. The summed E-state index contributed by atoms with van der Waals surface area (Å²) in [5.41, 5.74) is -6.62. The van der Waals surface area contributed by atoms with Gasteiger partial charge in [0.15, 0.2) is 5.75 Å². The van der Waals surface area contributed by atoms with Gasteiger partial charge in [0.05, 0.1) is 29.0 Å². The number of unbranched alkanes of at least 4 members (excludes halogenated alkanes) is 1. The largest absolute Gasteiger partial charge is 0.484 e. The minimum Gasteiger partial charge on any atom is -0.484 e. The predicted octanol–water partition coefficient (Wildman–Crippen LogP) is 11.2. The lowest BCUT2D eigenvalue weighted by Gasteiger charge is -2.25. The molecule has 1 heterocycles. The van der Waals surface area contributed by atoms with E-state index >= 15 is 0 Å². The Kier molecular flexibility index (Phi) is 18.8. The van der Waals surface area contributed by atoms with E-state index in [9.17, 15) is 55.1 Å². The number of carbonyl (C=O) groups is 6. The first-order valence-electron chi connectivity index (χ1n) is 22.4. The number of alkyl halides is 6. The quantitative estimate of drug-likeness (QED) is 0.0277. The van der Waals surface area contributed by atoms with Gasteiger partial charge in [-0.15, -0.1) is 4.99 Å². The Hall–Kier alpha value is -7.67. The Morgan fingerprint density at radius 1 is 0.685 bits per heavy atom. The van der Waals surface area contributed by atoms with Crippen molar-refractivity contribution in [2.24, 2.45) is 4.99 Å². The first-order valence-corrected chi connectivity index (χ1v) is 22.4. The highest BCUT2D eigenvalue weighted by molar-refractivity contribution is 6.03. The number of nitrogens with zero attached hydrogens (tertiary/aromatic N) is 2. The number of alkyl carbamates (subject to hydrolysis) is 1. The maximum atomic E-state index is 14.5. The topological polar surface area (TPSA) is 257 Å². The lowest BCUT2D eigenvalue weighted by atomic mass is 10.1. The fourth-order valence-corrected chi connectivity index (χ4v) is 6.35. The van der Waals surface area contributed by atoms with Gasteiger partial charge < -0.3 is 55.0 Å². The number of guanidine groups is 1. The van der Waals surface area contributed by atoms with Gasteiger partial charge in [-0.25, -0.2) is 24.0 Å². The molecule has 7 N–H and O–H groups in total. The Bertz CT molecular complexity index is 2520. The van der Waals surface area contributed by atoms with E-state index < -0.39 is 111 Å². The van der Waals surface area contributed by atoms with E-state index in [0.717, 1.165) is 6.07 Å². The molecule has 0 aliphatic carbocycles. The summed E-state index contributed by atoms with van der Waals surface area (Å²) in [6, 6.07) is 7.26. The Morgan fingerprint density at radius 2 is 1.27 bits per heavy atom. The van der Waals surface area contributed by atoms with Crippen molar-refractivity contribution in [2.45, 2.75) is 123 Å². The summed E-state index contributed by atoms with van der Waals surface area (Å²) in [7, 11) is 0. The normalized spacial score (nSPS) is 14.3. The van der Waals surface area contributed by atoms with Crippen LogP contribution in [0.2, 0.25) is 0 Å². The summed E-state index contributed by atoms with van der Waals surface area (Å²) in [6.45, 7) is 14.8. The van der Waals surface area contributed by atoms with E-state index in [2.05, 4.69) is 31.6 Å². The third kappa shape index (κ3) is 20.5. The Labute approximate surface area is 415 Å². The minimum atomic E-state index is -5.02. The van der Waals surface area contributed by atoms with Gasteiger partial charge in [0, 0.05) is 43.4 Å². The van der Waals surface area contributed by atoms with Gasteiger partial charge in [-0.2, -0.15) is 26.3 Å². The molecular weight excluding hydrogens is 983 g/mol. The van der Waals surface area contributed by atoms with Crippen molar-refractivity contribution in [1.82, 2.24) is 15.5 Å². The maximum absolute atomic E-state index is 14.5. The fourth-order valence-electron chi connectivity index (χ4n) is 6.35. The number of carbonyl (C=O) groups excluding carboxylic acids is 5. The number of nitrogens with one attached hydrogen (secondary N) is 6. The number of hydrogen-bond acceptors (Lipinski definition) is 11. The van der Waals surface area contributed by atoms with E-state index in [1.165, 1.54) is 29.2 Å². The van der Waals surface area contributed by atoms with Crippen molar-refractivity contribution >= 4 is 65.0 Å². The van der Waals surface area contributed by atoms with Crippen molar-refractivity contribution in [3.8, 4) is 17.2 Å². The van der Waals surface area contributed by atoms with Crippen molar-refractivity contribution in [3.63, 3.8) is 0 Å². The molecule has 400 valence electrons. The zero-order valence-corrected chi connectivity index (χ0v) is 41.3. The molecule has 7 amide bonds. The van der Waals surface area contributed by atoms with E-state index in [4.69, 9.17) is 28.8 Å². The number of rotatable bonds is 13. The molecule has 0 bridgehead atoms. The highest BCUT2D eigenvalue weighted by Crippen LogP contribution is 2.42. The van der Waals surface area contributed by atoms with Crippen LogP contribution >= 0.6 is 0 Å². The van der Waals surface area contributed by atoms with Crippen LogP contribution in [0.5, 0.6) is 17.2 Å². The predicted molar refractivity (Wildman–Crippen MR) is 254 cm³/mol. The summed E-state index contributed by atoms with van der Waals surface area (Å²) >= 11 is 0. The van der Waals surface area contributed by atoms with Gasteiger partial charge in [0.2, 0.25) is 11.9 Å². The highest BCUT2D eigenvalue weighted by Gasteiger charge is 2.36. The number of urea groups is 1. The molecular formula is C47H58F6N8O12. The van der Waals surface area contributed by atoms with Crippen molar-refractivity contribution < 1.29 is 83.9 Å². The number of hydrogen-bond donors (Lipinski definition) is 7. The van der Waals surface area contributed by atoms with E-state index in [1.54, 1.807) is 62.3 Å². The van der Waals surface area contributed by atoms with Gasteiger partial charge in [-0.1, -0.05) is 0 Å². The third-order valence-corrected chi connectivity index (χ3v) is 9.19. The first kappa shape index (κ1) is 57.9. The van der Waals surface area contributed by atoms with Gasteiger partial charge in [0.25, 0.3) is 0 Å². The lowest BCUT2D eigenvalue weighted by Crippen LogP contribution is -2.44. The first-order chi connectivity index (χ1) is 33.6. The summed E-state index contributed by atoms with van der Waals surface area (Å²) < 4.78 is 112. The van der Waals surface area contributed by atoms with Gasteiger partial charge >= 0.3 is 42.8 Å². The number of amides is 7. The number of aliphatic imine (C=N–C) groups is 1. The molecule has 1 saturated heterocycles. The molecule has 1 fully saturated rings. The monoisotopic (exact) mass is 1040 g/mol. The fraction of sp³-hybridized carbons (Fsp3) is 0.468. The van der Waals surface area contributed by atoms with Crippen LogP contribution < -0.4 is 41.4 Å². The number of anilines is 4. The van der Waals surface area contributed by atoms with Crippen molar-refractivity contribution in [3.05, 3.63) is 65.7 Å². The number of ether oxygens (including phenoxy) is 5.